The second-order valence-corrected chi connectivity index (χ2v) is 6.25. The maximum absolute atomic E-state index is 13.5. The minimum Gasteiger partial charge on any atom is -0.492 e. The summed E-state index contributed by atoms with van der Waals surface area (Å²) in [4.78, 5) is 14.2. The number of amides is 1. The molecule has 0 aromatic heterocycles. The maximum Gasteiger partial charge on any atom is 0.234 e. The molecule has 1 amide bonds. The van der Waals surface area contributed by atoms with E-state index in [2.05, 4.69) is 10.2 Å². The molecule has 0 saturated heterocycles. The third kappa shape index (κ3) is 4.57. The summed E-state index contributed by atoms with van der Waals surface area (Å²) in [6.07, 6.45) is 0.838. The van der Waals surface area contributed by atoms with Gasteiger partial charge in [0.05, 0.1) is 13.1 Å². The molecule has 132 valence electrons. The molecule has 0 spiro atoms. The van der Waals surface area contributed by atoms with Crippen molar-refractivity contribution in [1.29, 1.82) is 0 Å². The first-order chi connectivity index (χ1) is 12.1. The van der Waals surface area contributed by atoms with Crippen LogP contribution in [0.1, 0.15) is 24.1 Å². The van der Waals surface area contributed by atoms with Gasteiger partial charge in [-0.2, -0.15) is 0 Å². The molecule has 1 heterocycles. The standard InChI is InChI=1S/C20H23FN2O2/c1-15-19-13-17(21)8-7-16(19)9-11-23(15)14-20(24)22-10-12-25-18-5-3-2-4-6-18/h2-8,13,15H,9-12,14H2,1H3,(H,22,24). The van der Waals surface area contributed by atoms with Gasteiger partial charge in [-0.3, -0.25) is 9.69 Å². The first-order valence-corrected chi connectivity index (χ1v) is 8.60. The molecule has 25 heavy (non-hydrogen) atoms. The molecule has 1 N–H and O–H groups in total. The van der Waals surface area contributed by atoms with Gasteiger partial charge in [0, 0.05) is 12.6 Å². The molecule has 0 fully saturated rings. The van der Waals surface area contributed by atoms with E-state index < -0.39 is 0 Å². The molecule has 0 saturated carbocycles. The molecule has 1 atom stereocenters. The lowest BCUT2D eigenvalue weighted by Crippen LogP contribution is -2.42. The van der Waals surface area contributed by atoms with Gasteiger partial charge < -0.3 is 10.1 Å². The highest BCUT2D eigenvalue weighted by molar-refractivity contribution is 5.78. The van der Waals surface area contributed by atoms with E-state index in [1.54, 1.807) is 6.07 Å². The van der Waals surface area contributed by atoms with Crippen molar-refractivity contribution < 1.29 is 13.9 Å². The lowest BCUT2D eigenvalue weighted by atomic mass is 9.93. The van der Waals surface area contributed by atoms with Crippen molar-refractivity contribution in [1.82, 2.24) is 10.2 Å². The summed E-state index contributed by atoms with van der Waals surface area (Å²) >= 11 is 0. The Morgan fingerprint density at radius 1 is 1.28 bits per heavy atom. The number of nitrogens with one attached hydrogen (secondary N) is 1. The first-order valence-electron chi connectivity index (χ1n) is 8.60. The Morgan fingerprint density at radius 2 is 2.08 bits per heavy atom. The van der Waals surface area contributed by atoms with E-state index in [4.69, 9.17) is 4.74 Å². The SMILES string of the molecule is CC1c2cc(F)ccc2CCN1CC(=O)NCCOc1ccccc1. The Balaban J connectivity index is 1.45. The van der Waals surface area contributed by atoms with Crippen LogP contribution in [0.4, 0.5) is 4.39 Å². The minimum absolute atomic E-state index is 0.0331. The summed E-state index contributed by atoms with van der Waals surface area (Å²) in [5.74, 6) is 0.526. The third-order valence-corrected chi connectivity index (χ3v) is 4.56. The summed E-state index contributed by atoms with van der Waals surface area (Å²) in [7, 11) is 0. The number of hydrogen-bond acceptors (Lipinski definition) is 3. The van der Waals surface area contributed by atoms with Gasteiger partial charge in [0.2, 0.25) is 5.91 Å². The highest BCUT2D eigenvalue weighted by Crippen LogP contribution is 2.29. The molecule has 0 aliphatic carbocycles. The van der Waals surface area contributed by atoms with Gasteiger partial charge in [-0.25, -0.2) is 4.39 Å². The number of carbonyl (C=O) groups excluding carboxylic acids is 1. The molecular weight excluding hydrogens is 319 g/mol. The lowest BCUT2D eigenvalue weighted by Gasteiger charge is -2.34. The van der Waals surface area contributed by atoms with E-state index in [1.807, 2.05) is 43.3 Å². The van der Waals surface area contributed by atoms with Crippen LogP contribution in [0.5, 0.6) is 5.75 Å². The van der Waals surface area contributed by atoms with Crippen LogP contribution in [0.15, 0.2) is 48.5 Å². The van der Waals surface area contributed by atoms with Gasteiger partial charge >= 0.3 is 0 Å². The number of ether oxygens (including phenoxy) is 1. The molecule has 2 aromatic carbocycles. The lowest BCUT2D eigenvalue weighted by molar-refractivity contribution is -0.123. The molecule has 0 bridgehead atoms. The van der Waals surface area contributed by atoms with Crippen LogP contribution >= 0.6 is 0 Å². The molecular formula is C20H23FN2O2. The highest BCUT2D eigenvalue weighted by atomic mass is 19.1. The van der Waals surface area contributed by atoms with E-state index in [0.717, 1.165) is 24.3 Å². The fourth-order valence-corrected chi connectivity index (χ4v) is 3.17. The Hall–Kier alpha value is -2.40. The molecule has 0 radical (unpaired) electrons. The monoisotopic (exact) mass is 342 g/mol. The van der Waals surface area contributed by atoms with Crippen LogP contribution in [-0.4, -0.2) is 37.0 Å². The molecule has 1 aliphatic rings. The van der Waals surface area contributed by atoms with Crippen molar-refractivity contribution in [2.75, 3.05) is 26.2 Å². The smallest absolute Gasteiger partial charge is 0.234 e. The van der Waals surface area contributed by atoms with Gasteiger partial charge in [-0.05, 0) is 48.7 Å². The van der Waals surface area contributed by atoms with Crippen molar-refractivity contribution in [2.45, 2.75) is 19.4 Å². The number of carbonyl (C=O) groups is 1. The van der Waals surface area contributed by atoms with Crippen LogP contribution < -0.4 is 10.1 Å². The van der Waals surface area contributed by atoms with Crippen molar-refractivity contribution in [2.24, 2.45) is 0 Å². The zero-order valence-corrected chi connectivity index (χ0v) is 14.4. The van der Waals surface area contributed by atoms with Crippen LogP contribution in [0.3, 0.4) is 0 Å². The van der Waals surface area contributed by atoms with Gasteiger partial charge in [-0.15, -0.1) is 0 Å². The van der Waals surface area contributed by atoms with E-state index in [-0.39, 0.29) is 17.8 Å². The number of rotatable bonds is 6. The third-order valence-electron chi connectivity index (χ3n) is 4.56. The number of para-hydroxylation sites is 1. The van der Waals surface area contributed by atoms with Crippen molar-refractivity contribution in [3.8, 4) is 5.75 Å². The predicted octanol–water partition coefficient (Wildman–Crippen LogP) is 2.94. The number of fused-ring (bicyclic) bond motifs is 1. The zero-order chi connectivity index (χ0) is 17.6. The number of nitrogens with zero attached hydrogens (tertiary/aromatic N) is 1. The molecule has 2 aromatic rings. The molecule has 3 rings (SSSR count). The van der Waals surface area contributed by atoms with Crippen molar-refractivity contribution in [3.05, 3.63) is 65.5 Å². The van der Waals surface area contributed by atoms with Crippen LogP contribution in [-0.2, 0) is 11.2 Å². The van der Waals surface area contributed by atoms with Crippen LogP contribution in [0.25, 0.3) is 0 Å². The summed E-state index contributed by atoms with van der Waals surface area (Å²) < 4.78 is 19.0. The summed E-state index contributed by atoms with van der Waals surface area (Å²) in [5.41, 5.74) is 2.15. The Bertz CT molecular complexity index is 721. The minimum atomic E-state index is -0.227. The Kier molecular flexibility index (Phi) is 5.66. The summed E-state index contributed by atoms with van der Waals surface area (Å²) in [6, 6.07) is 14.5. The van der Waals surface area contributed by atoms with Crippen LogP contribution in [0, 0.1) is 5.82 Å². The number of halogens is 1. The van der Waals surface area contributed by atoms with Gasteiger partial charge in [0.1, 0.15) is 18.2 Å². The molecule has 4 nitrogen and oxygen atoms in total. The molecule has 1 unspecified atom stereocenters. The summed E-state index contributed by atoms with van der Waals surface area (Å²) in [5, 5.41) is 2.88. The van der Waals surface area contributed by atoms with Crippen molar-refractivity contribution >= 4 is 5.91 Å². The van der Waals surface area contributed by atoms with Crippen molar-refractivity contribution in [3.63, 3.8) is 0 Å². The highest BCUT2D eigenvalue weighted by Gasteiger charge is 2.25. The van der Waals surface area contributed by atoms with Gasteiger partial charge in [-0.1, -0.05) is 24.3 Å². The maximum atomic E-state index is 13.5. The summed E-state index contributed by atoms with van der Waals surface area (Å²) in [6.45, 7) is 4.01. The second-order valence-electron chi connectivity index (χ2n) is 6.25. The van der Waals surface area contributed by atoms with Gasteiger partial charge in [0.15, 0.2) is 0 Å². The number of benzene rings is 2. The first kappa shape index (κ1) is 17.4. The van der Waals surface area contributed by atoms with E-state index in [1.165, 1.54) is 11.6 Å². The fourth-order valence-electron chi connectivity index (χ4n) is 3.17. The average Bonchev–Trinajstić information content (AvgIpc) is 2.62. The Morgan fingerprint density at radius 3 is 2.88 bits per heavy atom. The largest absolute Gasteiger partial charge is 0.492 e. The number of hydrogen-bond donors (Lipinski definition) is 1. The molecule has 1 aliphatic heterocycles. The normalized spacial score (nSPS) is 17.0. The van der Waals surface area contributed by atoms with Crippen LogP contribution in [0.2, 0.25) is 0 Å². The topological polar surface area (TPSA) is 41.6 Å². The second kappa shape index (κ2) is 8.12. The zero-order valence-electron chi connectivity index (χ0n) is 14.4. The van der Waals surface area contributed by atoms with E-state index in [0.29, 0.717) is 19.7 Å². The fraction of sp³-hybridized carbons (Fsp3) is 0.350. The average molecular weight is 342 g/mol. The quantitative estimate of drug-likeness (QED) is 0.821. The Labute approximate surface area is 147 Å². The molecule has 5 heteroatoms. The predicted molar refractivity (Wildman–Crippen MR) is 95.0 cm³/mol. The van der Waals surface area contributed by atoms with E-state index >= 15 is 0 Å². The van der Waals surface area contributed by atoms with Gasteiger partial charge in [0.25, 0.3) is 0 Å². The van der Waals surface area contributed by atoms with E-state index in [9.17, 15) is 9.18 Å².